The molecular weight excluding hydrogens is 325 g/mol. The van der Waals surface area contributed by atoms with E-state index in [1.54, 1.807) is 13.0 Å². The van der Waals surface area contributed by atoms with Gasteiger partial charge in [0.15, 0.2) is 0 Å². The Labute approximate surface area is 143 Å². The molecule has 0 bridgehead atoms. The number of aromatic nitrogens is 2. The zero-order valence-corrected chi connectivity index (χ0v) is 14.4. The first-order valence-corrected chi connectivity index (χ1v) is 7.87. The van der Waals surface area contributed by atoms with Gasteiger partial charge >= 0.3 is 0 Å². The summed E-state index contributed by atoms with van der Waals surface area (Å²) in [6.45, 7) is 3.64. The molecule has 2 heterocycles. The fourth-order valence-electron chi connectivity index (χ4n) is 2.88. The minimum absolute atomic E-state index is 0.134. The van der Waals surface area contributed by atoms with Gasteiger partial charge in [0.05, 0.1) is 22.5 Å². The molecule has 0 fully saturated rings. The van der Waals surface area contributed by atoms with Crippen molar-refractivity contribution >= 4 is 22.6 Å². The van der Waals surface area contributed by atoms with Crippen molar-refractivity contribution < 1.29 is 18.5 Å². The van der Waals surface area contributed by atoms with Crippen LogP contribution < -0.4 is 0 Å². The lowest BCUT2D eigenvalue weighted by Crippen LogP contribution is -2.30. The topological polar surface area (TPSA) is 79.2 Å². The van der Waals surface area contributed by atoms with Gasteiger partial charge in [0, 0.05) is 25.0 Å². The van der Waals surface area contributed by atoms with Gasteiger partial charge in [-0.1, -0.05) is 12.1 Å². The Morgan fingerprint density at radius 2 is 2.04 bits per heavy atom. The van der Waals surface area contributed by atoms with Crippen LogP contribution in [0.15, 0.2) is 22.7 Å². The number of carbonyl (C=O) groups excluding carboxylic acids is 2. The number of rotatable bonds is 4. The molecule has 2 aromatic heterocycles. The molecule has 0 spiro atoms. The maximum Gasteiger partial charge on any atom is 0.294 e. The van der Waals surface area contributed by atoms with Crippen LogP contribution in [0.3, 0.4) is 0 Å². The molecule has 0 aliphatic rings. The monoisotopic (exact) mass is 343 g/mol. The van der Waals surface area contributed by atoms with E-state index in [2.05, 4.69) is 10.1 Å². The molecule has 0 unspecified atom stereocenters. The number of ketones is 1. The van der Waals surface area contributed by atoms with Crippen LogP contribution in [-0.4, -0.2) is 40.8 Å². The molecule has 0 saturated carbocycles. The predicted molar refractivity (Wildman–Crippen MR) is 90.9 cm³/mol. The van der Waals surface area contributed by atoms with E-state index in [9.17, 15) is 14.0 Å². The van der Waals surface area contributed by atoms with Crippen molar-refractivity contribution in [1.82, 2.24) is 15.0 Å². The van der Waals surface area contributed by atoms with Crippen molar-refractivity contribution in [3.8, 4) is 11.3 Å². The van der Waals surface area contributed by atoms with E-state index >= 15 is 0 Å². The Bertz CT molecular complexity index is 985. The number of nitrogens with one attached hydrogen (secondary N) is 1. The normalized spacial score (nSPS) is 11.1. The van der Waals surface area contributed by atoms with Crippen LogP contribution in [0.5, 0.6) is 0 Å². The molecule has 0 atom stereocenters. The molecule has 130 valence electrons. The number of H-pyrrole nitrogens is 1. The SMILES string of the molecule is CCc1noc(C)c1-c1[nH]c2ccc(F)cc2c1C(=O)C(=O)N(C)C. The van der Waals surface area contributed by atoms with Crippen LogP contribution >= 0.6 is 0 Å². The van der Waals surface area contributed by atoms with Gasteiger partial charge in [-0.2, -0.15) is 0 Å². The lowest BCUT2D eigenvalue weighted by atomic mass is 9.99. The summed E-state index contributed by atoms with van der Waals surface area (Å²) in [7, 11) is 2.99. The molecule has 1 aromatic carbocycles. The summed E-state index contributed by atoms with van der Waals surface area (Å²) in [6.07, 6.45) is 0.589. The fraction of sp³-hybridized carbons (Fsp3) is 0.278. The first kappa shape index (κ1) is 16.9. The van der Waals surface area contributed by atoms with Gasteiger partial charge in [-0.05, 0) is 31.5 Å². The number of Topliss-reactive ketones (excluding diaryl/α,β-unsaturated/α-hetero) is 1. The average Bonchev–Trinajstić information content (AvgIpc) is 3.12. The summed E-state index contributed by atoms with van der Waals surface area (Å²) >= 11 is 0. The summed E-state index contributed by atoms with van der Waals surface area (Å²) in [5.41, 5.74) is 2.42. The first-order valence-electron chi connectivity index (χ1n) is 7.87. The van der Waals surface area contributed by atoms with Crippen molar-refractivity contribution in [3.05, 3.63) is 41.0 Å². The standard InChI is InChI=1S/C18H18FN3O3/c1-5-12-14(9(2)25-21-12)16-15(17(23)18(24)22(3)4)11-8-10(19)6-7-13(11)20-16/h6-8,20H,5H2,1-4H3. The third kappa shape index (κ3) is 2.71. The van der Waals surface area contributed by atoms with Crippen LogP contribution in [0.2, 0.25) is 0 Å². The van der Waals surface area contributed by atoms with E-state index in [1.165, 1.54) is 31.1 Å². The van der Waals surface area contributed by atoms with Gasteiger partial charge in [-0.15, -0.1) is 0 Å². The number of likely N-dealkylation sites (N-methyl/N-ethyl adjacent to an activating group) is 1. The third-order valence-electron chi connectivity index (χ3n) is 4.11. The van der Waals surface area contributed by atoms with Gasteiger partial charge in [-0.3, -0.25) is 9.59 Å². The molecule has 1 amide bonds. The largest absolute Gasteiger partial charge is 0.361 e. The summed E-state index contributed by atoms with van der Waals surface area (Å²) < 4.78 is 19.0. The molecule has 25 heavy (non-hydrogen) atoms. The van der Waals surface area contributed by atoms with E-state index in [0.717, 1.165) is 0 Å². The molecular formula is C18H18FN3O3. The van der Waals surface area contributed by atoms with Crippen molar-refractivity contribution in [1.29, 1.82) is 0 Å². The van der Waals surface area contributed by atoms with Gasteiger partial charge in [-0.25, -0.2) is 4.39 Å². The lowest BCUT2D eigenvalue weighted by molar-refractivity contribution is -0.124. The van der Waals surface area contributed by atoms with Gasteiger partial charge in [0.25, 0.3) is 11.7 Å². The fourth-order valence-corrected chi connectivity index (χ4v) is 2.88. The number of aryl methyl sites for hydroxylation is 2. The highest BCUT2D eigenvalue weighted by Crippen LogP contribution is 2.35. The highest BCUT2D eigenvalue weighted by molar-refractivity contribution is 6.46. The number of aromatic amines is 1. The van der Waals surface area contributed by atoms with Crippen molar-refractivity contribution in [3.63, 3.8) is 0 Å². The van der Waals surface area contributed by atoms with E-state index in [-0.39, 0.29) is 5.56 Å². The second-order valence-corrected chi connectivity index (χ2v) is 6.01. The Morgan fingerprint density at radius 1 is 1.32 bits per heavy atom. The van der Waals surface area contributed by atoms with Crippen LogP contribution in [-0.2, 0) is 11.2 Å². The number of amides is 1. The minimum Gasteiger partial charge on any atom is -0.361 e. The Kier molecular flexibility index (Phi) is 4.16. The lowest BCUT2D eigenvalue weighted by Gasteiger charge is -2.10. The van der Waals surface area contributed by atoms with Crippen LogP contribution in [0.25, 0.3) is 22.2 Å². The van der Waals surface area contributed by atoms with Gasteiger partial charge in [0.1, 0.15) is 11.6 Å². The van der Waals surface area contributed by atoms with Crippen LogP contribution in [0.4, 0.5) is 4.39 Å². The summed E-state index contributed by atoms with van der Waals surface area (Å²) in [6, 6.07) is 4.09. The maximum absolute atomic E-state index is 13.8. The zero-order valence-electron chi connectivity index (χ0n) is 14.4. The number of hydrogen-bond acceptors (Lipinski definition) is 4. The summed E-state index contributed by atoms with van der Waals surface area (Å²) in [4.78, 5) is 29.4. The highest BCUT2D eigenvalue weighted by atomic mass is 19.1. The maximum atomic E-state index is 13.8. The van der Waals surface area contributed by atoms with Gasteiger partial charge in [0.2, 0.25) is 0 Å². The van der Waals surface area contributed by atoms with Gasteiger partial charge < -0.3 is 14.4 Å². The van der Waals surface area contributed by atoms with Crippen molar-refractivity contribution in [2.45, 2.75) is 20.3 Å². The number of benzene rings is 1. The Morgan fingerprint density at radius 3 is 2.68 bits per heavy atom. The molecule has 0 aliphatic carbocycles. The number of carbonyl (C=O) groups is 2. The molecule has 0 aliphatic heterocycles. The van der Waals surface area contributed by atoms with Crippen molar-refractivity contribution in [2.24, 2.45) is 0 Å². The van der Waals surface area contributed by atoms with Crippen molar-refractivity contribution in [2.75, 3.05) is 14.1 Å². The second kappa shape index (κ2) is 6.16. The molecule has 0 saturated heterocycles. The smallest absolute Gasteiger partial charge is 0.294 e. The van der Waals surface area contributed by atoms with Crippen LogP contribution in [0, 0.1) is 12.7 Å². The molecule has 7 heteroatoms. The van der Waals surface area contributed by atoms with E-state index in [0.29, 0.717) is 40.0 Å². The van der Waals surface area contributed by atoms with E-state index < -0.39 is 17.5 Å². The summed E-state index contributed by atoms with van der Waals surface area (Å²) in [5.74, 6) is -1.35. The quantitative estimate of drug-likeness (QED) is 0.583. The molecule has 3 aromatic rings. The Hall–Kier alpha value is -2.96. The predicted octanol–water partition coefficient (Wildman–Crippen LogP) is 3.10. The zero-order chi connectivity index (χ0) is 18.3. The number of fused-ring (bicyclic) bond motifs is 1. The molecule has 1 N–H and O–H groups in total. The molecule has 3 rings (SSSR count). The third-order valence-corrected chi connectivity index (χ3v) is 4.11. The minimum atomic E-state index is -0.709. The van der Waals surface area contributed by atoms with E-state index in [4.69, 9.17) is 4.52 Å². The first-order chi connectivity index (χ1) is 11.8. The number of halogens is 1. The average molecular weight is 343 g/mol. The molecule has 0 radical (unpaired) electrons. The Balaban J connectivity index is 2.35. The molecule has 6 nitrogen and oxygen atoms in total. The summed E-state index contributed by atoms with van der Waals surface area (Å²) in [5, 5.41) is 4.36. The highest BCUT2D eigenvalue weighted by Gasteiger charge is 2.29. The second-order valence-electron chi connectivity index (χ2n) is 6.01. The number of hydrogen-bond donors (Lipinski definition) is 1. The van der Waals surface area contributed by atoms with Crippen LogP contribution in [0.1, 0.15) is 28.7 Å². The number of nitrogens with zero attached hydrogens (tertiary/aromatic N) is 2. The van der Waals surface area contributed by atoms with E-state index in [1.807, 2.05) is 6.92 Å².